The Morgan fingerprint density at radius 2 is 2.24 bits per heavy atom. The first-order valence-corrected chi connectivity index (χ1v) is 8.58. The lowest BCUT2D eigenvalue weighted by atomic mass is 9.91. The van der Waals surface area contributed by atoms with Crippen molar-refractivity contribution in [3.05, 3.63) is 55.1 Å². The van der Waals surface area contributed by atoms with Gasteiger partial charge in [0, 0.05) is 22.7 Å². The minimum absolute atomic E-state index is 0.0791. The molecule has 0 aliphatic heterocycles. The van der Waals surface area contributed by atoms with Crippen LogP contribution in [-0.4, -0.2) is 11.1 Å². The number of nitrogens with zero attached hydrogens (tertiary/aromatic N) is 1. The lowest BCUT2D eigenvalue weighted by molar-refractivity contribution is 0.453. The summed E-state index contributed by atoms with van der Waals surface area (Å²) in [5.41, 5.74) is 2.55. The molecule has 2 aromatic heterocycles. The Bertz CT molecular complexity index is 692. The van der Waals surface area contributed by atoms with Gasteiger partial charge in [-0.05, 0) is 43.5 Å². The van der Waals surface area contributed by atoms with Crippen LogP contribution in [0, 0.1) is 0 Å². The predicted octanol–water partition coefficient (Wildman–Crippen LogP) is 3.60. The Hall–Kier alpha value is -1.10. The van der Waals surface area contributed by atoms with Crippen molar-refractivity contribution in [2.45, 2.75) is 38.8 Å². The van der Waals surface area contributed by atoms with Crippen molar-refractivity contribution in [1.82, 2.24) is 9.88 Å². The molecule has 2 heterocycles. The maximum Gasteiger partial charge on any atom is 0.251 e. The molecule has 1 aliphatic carbocycles. The van der Waals surface area contributed by atoms with Crippen LogP contribution in [0.4, 0.5) is 0 Å². The van der Waals surface area contributed by atoms with E-state index in [1.165, 1.54) is 11.3 Å². The molecule has 0 radical (unpaired) electrons. The van der Waals surface area contributed by atoms with E-state index in [4.69, 9.17) is 11.6 Å². The average Bonchev–Trinajstić information content (AvgIpc) is 2.88. The number of pyridine rings is 1. The van der Waals surface area contributed by atoms with E-state index < -0.39 is 0 Å². The molecule has 0 saturated heterocycles. The second-order valence-electron chi connectivity index (χ2n) is 5.37. The average molecular weight is 323 g/mol. The number of thiophene rings is 1. The van der Waals surface area contributed by atoms with Crippen molar-refractivity contribution < 1.29 is 0 Å². The van der Waals surface area contributed by atoms with E-state index >= 15 is 0 Å². The Morgan fingerprint density at radius 3 is 2.95 bits per heavy atom. The highest BCUT2D eigenvalue weighted by atomic mass is 35.5. The molecule has 3 nitrogen and oxygen atoms in total. The summed E-state index contributed by atoms with van der Waals surface area (Å²) in [5, 5.41) is 3.52. The predicted molar refractivity (Wildman–Crippen MR) is 88.5 cm³/mol. The summed E-state index contributed by atoms with van der Waals surface area (Å²) in [7, 11) is 0. The zero-order chi connectivity index (χ0) is 14.8. The van der Waals surface area contributed by atoms with Crippen molar-refractivity contribution in [2.75, 3.05) is 6.54 Å². The molecule has 21 heavy (non-hydrogen) atoms. The van der Waals surface area contributed by atoms with Crippen LogP contribution in [0.3, 0.4) is 0 Å². The Balaban J connectivity index is 2.00. The van der Waals surface area contributed by atoms with Gasteiger partial charge in [-0.1, -0.05) is 24.6 Å². The second kappa shape index (κ2) is 6.34. The number of aromatic nitrogens is 1. The standard InChI is InChI=1S/C16H19ClN2OS/c1-2-18-13-4-3-5-14-12(13)7-9-16(20)19(14)10-11-6-8-15(17)21-11/h6-9,13,18H,2-5,10H2,1H3. The smallest absolute Gasteiger partial charge is 0.251 e. The summed E-state index contributed by atoms with van der Waals surface area (Å²) in [4.78, 5) is 13.4. The molecule has 1 aliphatic rings. The summed E-state index contributed by atoms with van der Waals surface area (Å²) in [5.74, 6) is 0. The highest BCUT2D eigenvalue weighted by Crippen LogP contribution is 2.29. The van der Waals surface area contributed by atoms with Crippen molar-refractivity contribution in [3.8, 4) is 0 Å². The van der Waals surface area contributed by atoms with E-state index in [1.807, 2.05) is 22.8 Å². The van der Waals surface area contributed by atoms with E-state index in [9.17, 15) is 4.79 Å². The van der Waals surface area contributed by atoms with Crippen molar-refractivity contribution in [2.24, 2.45) is 0 Å². The van der Waals surface area contributed by atoms with Crippen molar-refractivity contribution in [1.29, 1.82) is 0 Å². The van der Waals surface area contributed by atoms with Gasteiger partial charge >= 0.3 is 0 Å². The van der Waals surface area contributed by atoms with Crippen LogP contribution in [0.1, 0.15) is 41.9 Å². The molecule has 0 aromatic carbocycles. The van der Waals surface area contributed by atoms with Crippen LogP contribution in [0.25, 0.3) is 0 Å². The fourth-order valence-corrected chi connectivity index (χ4v) is 4.16. The van der Waals surface area contributed by atoms with Gasteiger partial charge < -0.3 is 9.88 Å². The zero-order valence-electron chi connectivity index (χ0n) is 12.1. The van der Waals surface area contributed by atoms with Crippen LogP contribution in [0.2, 0.25) is 4.34 Å². The maximum atomic E-state index is 12.3. The van der Waals surface area contributed by atoms with E-state index in [1.54, 1.807) is 17.4 Å². The highest BCUT2D eigenvalue weighted by Gasteiger charge is 2.22. The summed E-state index contributed by atoms with van der Waals surface area (Å²) in [6.45, 7) is 3.69. The van der Waals surface area contributed by atoms with Gasteiger partial charge in [-0.3, -0.25) is 4.79 Å². The van der Waals surface area contributed by atoms with Crippen LogP contribution in [0.15, 0.2) is 29.1 Å². The van der Waals surface area contributed by atoms with Gasteiger partial charge in [0.05, 0.1) is 10.9 Å². The molecule has 0 saturated carbocycles. The normalized spacial score (nSPS) is 17.7. The lowest BCUT2D eigenvalue weighted by Crippen LogP contribution is -2.31. The fourth-order valence-electron chi connectivity index (χ4n) is 3.09. The molecular weight excluding hydrogens is 304 g/mol. The molecule has 5 heteroatoms. The number of rotatable bonds is 4. The number of hydrogen-bond donors (Lipinski definition) is 1. The molecule has 0 spiro atoms. The topological polar surface area (TPSA) is 34.0 Å². The molecule has 0 amide bonds. The molecule has 0 bridgehead atoms. The Morgan fingerprint density at radius 1 is 1.38 bits per heavy atom. The number of nitrogens with one attached hydrogen (secondary N) is 1. The quantitative estimate of drug-likeness (QED) is 0.933. The molecule has 1 unspecified atom stereocenters. The third kappa shape index (κ3) is 3.07. The third-order valence-electron chi connectivity index (χ3n) is 4.01. The Kier molecular flexibility index (Phi) is 4.48. The van der Waals surface area contributed by atoms with Crippen LogP contribution in [-0.2, 0) is 13.0 Å². The molecule has 2 aromatic rings. The number of halogens is 1. The minimum Gasteiger partial charge on any atom is -0.310 e. The third-order valence-corrected chi connectivity index (χ3v) is 5.22. The molecule has 3 rings (SSSR count). The first kappa shape index (κ1) is 14.8. The van der Waals surface area contributed by atoms with Gasteiger partial charge in [0.1, 0.15) is 0 Å². The highest BCUT2D eigenvalue weighted by molar-refractivity contribution is 7.16. The first-order valence-electron chi connectivity index (χ1n) is 7.39. The van der Waals surface area contributed by atoms with Crippen LogP contribution >= 0.6 is 22.9 Å². The van der Waals surface area contributed by atoms with Gasteiger partial charge in [-0.2, -0.15) is 0 Å². The fraction of sp³-hybridized carbons (Fsp3) is 0.438. The summed E-state index contributed by atoms with van der Waals surface area (Å²) in [6.07, 6.45) is 3.25. The van der Waals surface area contributed by atoms with E-state index in [0.717, 1.165) is 35.0 Å². The molecule has 0 fully saturated rings. The molecule has 1 atom stereocenters. The van der Waals surface area contributed by atoms with E-state index in [0.29, 0.717) is 12.6 Å². The van der Waals surface area contributed by atoms with Gasteiger partial charge in [0.15, 0.2) is 0 Å². The number of fused-ring (bicyclic) bond motifs is 1. The van der Waals surface area contributed by atoms with Crippen molar-refractivity contribution in [3.63, 3.8) is 0 Å². The second-order valence-corrected chi connectivity index (χ2v) is 7.17. The maximum absolute atomic E-state index is 12.3. The minimum atomic E-state index is 0.0791. The summed E-state index contributed by atoms with van der Waals surface area (Å²) < 4.78 is 2.69. The molecule has 112 valence electrons. The Labute approximate surface area is 133 Å². The lowest BCUT2D eigenvalue weighted by Gasteiger charge is -2.28. The van der Waals surface area contributed by atoms with E-state index in [2.05, 4.69) is 12.2 Å². The van der Waals surface area contributed by atoms with Crippen LogP contribution < -0.4 is 10.9 Å². The molecular formula is C16H19ClN2OS. The van der Waals surface area contributed by atoms with Gasteiger partial charge in [-0.25, -0.2) is 0 Å². The van der Waals surface area contributed by atoms with Gasteiger partial charge in [-0.15, -0.1) is 11.3 Å². The molecule has 1 N–H and O–H groups in total. The van der Waals surface area contributed by atoms with Gasteiger partial charge in [0.2, 0.25) is 0 Å². The van der Waals surface area contributed by atoms with Crippen LogP contribution in [0.5, 0.6) is 0 Å². The summed E-state index contributed by atoms with van der Waals surface area (Å²) in [6, 6.07) is 7.97. The largest absolute Gasteiger partial charge is 0.310 e. The van der Waals surface area contributed by atoms with E-state index in [-0.39, 0.29) is 5.56 Å². The zero-order valence-corrected chi connectivity index (χ0v) is 13.6. The summed E-state index contributed by atoms with van der Waals surface area (Å²) >= 11 is 7.54. The monoisotopic (exact) mass is 322 g/mol. The SMILES string of the molecule is CCNC1CCCc2c1ccc(=O)n2Cc1ccc(Cl)s1. The van der Waals surface area contributed by atoms with Crippen molar-refractivity contribution >= 4 is 22.9 Å². The first-order chi connectivity index (χ1) is 10.2. The number of hydrogen-bond acceptors (Lipinski definition) is 3. The van der Waals surface area contributed by atoms with Gasteiger partial charge in [0.25, 0.3) is 5.56 Å².